The fourth-order valence-corrected chi connectivity index (χ4v) is 3.60. The van der Waals surface area contributed by atoms with Crippen LogP contribution >= 0.6 is 24.0 Å². The number of thioether (sulfide) groups is 1. The van der Waals surface area contributed by atoms with Crippen molar-refractivity contribution in [1.29, 1.82) is 0 Å². The van der Waals surface area contributed by atoms with Gasteiger partial charge >= 0.3 is 0 Å². The second kappa shape index (κ2) is 7.15. The Balaban J connectivity index is 1.68. The zero-order valence-electron chi connectivity index (χ0n) is 13.2. The highest BCUT2D eigenvalue weighted by Gasteiger charge is 2.15. The summed E-state index contributed by atoms with van der Waals surface area (Å²) in [6, 6.07) is 14.6. The highest BCUT2D eigenvalue weighted by molar-refractivity contribution is 7.99. The van der Waals surface area contributed by atoms with Crippen molar-refractivity contribution >= 4 is 40.5 Å². The number of thiocarbonyl (C=S) groups is 1. The molecule has 2 aromatic carbocycles. The molecule has 0 amide bonds. The Morgan fingerprint density at radius 1 is 1.09 bits per heavy atom. The Labute approximate surface area is 146 Å². The lowest BCUT2D eigenvalue weighted by Gasteiger charge is -2.17. The molecular weight excluding hydrogens is 322 g/mol. The lowest BCUT2D eigenvalue weighted by molar-refractivity contribution is 1.04. The summed E-state index contributed by atoms with van der Waals surface area (Å²) >= 11 is 7.21. The summed E-state index contributed by atoms with van der Waals surface area (Å²) in [7, 11) is 0. The van der Waals surface area contributed by atoms with Gasteiger partial charge in [-0.1, -0.05) is 30.3 Å². The van der Waals surface area contributed by atoms with Crippen molar-refractivity contribution in [1.82, 2.24) is 5.43 Å². The minimum atomic E-state index is 0.508. The molecule has 5 heteroatoms. The molecule has 0 fully saturated rings. The molecular formula is C18H19N3S2. The van der Waals surface area contributed by atoms with Gasteiger partial charge in [0.15, 0.2) is 5.11 Å². The molecule has 0 bridgehead atoms. The standard InChI is InChI=1S/C18H19N3S2/c1-12-7-8-15(9-13(12)2)19-18(22)21-20-17-11-23-10-14-5-3-4-6-16(14)17/h3-9H,10-11H2,1-2H3,(H2,19,21,22)/b20-17+. The second-order valence-electron chi connectivity index (χ2n) is 5.57. The van der Waals surface area contributed by atoms with Gasteiger partial charge in [0.25, 0.3) is 0 Å². The van der Waals surface area contributed by atoms with Crippen molar-refractivity contribution in [3.8, 4) is 0 Å². The maximum atomic E-state index is 5.34. The first-order chi connectivity index (χ1) is 11.1. The summed E-state index contributed by atoms with van der Waals surface area (Å²) in [5.41, 5.74) is 10.0. The molecule has 0 radical (unpaired) electrons. The van der Waals surface area contributed by atoms with Gasteiger partial charge in [0.05, 0.1) is 5.71 Å². The number of nitrogens with one attached hydrogen (secondary N) is 2. The Bertz CT molecular complexity index is 769. The molecule has 0 saturated carbocycles. The van der Waals surface area contributed by atoms with Crippen molar-refractivity contribution in [3.05, 3.63) is 64.7 Å². The molecule has 0 unspecified atom stereocenters. The molecule has 1 aliphatic heterocycles. The number of fused-ring (bicyclic) bond motifs is 1. The number of anilines is 1. The Morgan fingerprint density at radius 2 is 1.91 bits per heavy atom. The van der Waals surface area contributed by atoms with Crippen molar-refractivity contribution in [2.75, 3.05) is 11.1 Å². The van der Waals surface area contributed by atoms with E-state index in [1.54, 1.807) is 0 Å². The van der Waals surface area contributed by atoms with Crippen LogP contribution in [0.5, 0.6) is 0 Å². The molecule has 3 nitrogen and oxygen atoms in total. The van der Waals surface area contributed by atoms with Crippen molar-refractivity contribution in [2.24, 2.45) is 5.10 Å². The molecule has 0 aliphatic carbocycles. The quantitative estimate of drug-likeness (QED) is 0.633. The van der Waals surface area contributed by atoms with Crippen LogP contribution in [0, 0.1) is 13.8 Å². The van der Waals surface area contributed by atoms with E-state index in [4.69, 9.17) is 12.2 Å². The van der Waals surface area contributed by atoms with Crippen LogP contribution in [-0.2, 0) is 5.75 Å². The molecule has 2 aromatic rings. The average molecular weight is 342 g/mol. The van der Waals surface area contributed by atoms with Crippen LogP contribution < -0.4 is 10.7 Å². The van der Waals surface area contributed by atoms with Gasteiger partial charge in [-0.2, -0.15) is 16.9 Å². The van der Waals surface area contributed by atoms with Crippen LogP contribution in [0.3, 0.4) is 0 Å². The number of rotatable bonds is 2. The number of hydrogen-bond donors (Lipinski definition) is 2. The first kappa shape index (κ1) is 16.0. The zero-order valence-corrected chi connectivity index (χ0v) is 14.9. The van der Waals surface area contributed by atoms with E-state index in [-0.39, 0.29) is 0 Å². The molecule has 0 aromatic heterocycles. The smallest absolute Gasteiger partial charge is 0.191 e. The molecule has 3 rings (SSSR count). The van der Waals surface area contributed by atoms with E-state index in [1.165, 1.54) is 22.3 Å². The average Bonchev–Trinajstić information content (AvgIpc) is 2.56. The third kappa shape index (κ3) is 3.92. The minimum Gasteiger partial charge on any atom is -0.331 e. The van der Waals surface area contributed by atoms with Gasteiger partial charge < -0.3 is 5.32 Å². The topological polar surface area (TPSA) is 36.4 Å². The van der Waals surface area contributed by atoms with Crippen molar-refractivity contribution < 1.29 is 0 Å². The number of hydrazone groups is 1. The largest absolute Gasteiger partial charge is 0.331 e. The van der Waals surface area contributed by atoms with Crippen LogP contribution in [0.15, 0.2) is 47.6 Å². The predicted molar refractivity (Wildman–Crippen MR) is 104 cm³/mol. The third-order valence-corrected chi connectivity index (χ3v) is 5.07. The maximum absolute atomic E-state index is 5.34. The lowest BCUT2D eigenvalue weighted by Crippen LogP contribution is -2.27. The third-order valence-electron chi connectivity index (χ3n) is 3.88. The Kier molecular flexibility index (Phi) is 4.98. The Hall–Kier alpha value is -1.85. The van der Waals surface area contributed by atoms with Crippen LogP contribution in [0.1, 0.15) is 22.3 Å². The SMILES string of the molecule is Cc1ccc(NC(=S)N/N=C2\CSCc3ccccc32)cc1C. The number of hydrogen-bond acceptors (Lipinski definition) is 3. The van der Waals surface area contributed by atoms with Gasteiger partial charge in [0.1, 0.15) is 0 Å². The first-order valence-corrected chi connectivity index (χ1v) is 9.06. The molecule has 1 aliphatic rings. The van der Waals surface area contributed by atoms with Crippen LogP contribution in [0.4, 0.5) is 5.69 Å². The van der Waals surface area contributed by atoms with E-state index in [1.807, 2.05) is 17.8 Å². The lowest BCUT2D eigenvalue weighted by atomic mass is 10.1. The number of benzene rings is 2. The second-order valence-corrected chi connectivity index (χ2v) is 6.97. The maximum Gasteiger partial charge on any atom is 0.191 e. The van der Waals surface area contributed by atoms with Gasteiger partial charge in [-0.05, 0) is 54.9 Å². The molecule has 1 heterocycles. The van der Waals surface area contributed by atoms with Crippen molar-refractivity contribution in [3.63, 3.8) is 0 Å². The summed E-state index contributed by atoms with van der Waals surface area (Å²) in [6.07, 6.45) is 0. The predicted octanol–water partition coefficient (Wildman–Crippen LogP) is 4.24. The zero-order chi connectivity index (χ0) is 16.2. The molecule has 0 saturated heterocycles. The molecule has 0 atom stereocenters. The normalized spacial score (nSPS) is 15.1. The molecule has 118 valence electrons. The van der Waals surface area contributed by atoms with Gasteiger partial charge in [0, 0.05) is 22.8 Å². The van der Waals surface area contributed by atoms with Gasteiger partial charge in [-0.3, -0.25) is 5.43 Å². The van der Waals surface area contributed by atoms with Gasteiger partial charge in [0.2, 0.25) is 0 Å². The summed E-state index contributed by atoms with van der Waals surface area (Å²) in [5.74, 6) is 1.94. The fraction of sp³-hybridized carbons (Fsp3) is 0.222. The number of nitrogens with zero attached hydrogens (tertiary/aromatic N) is 1. The van der Waals surface area contributed by atoms with E-state index in [0.717, 1.165) is 22.9 Å². The van der Waals surface area contributed by atoms with Crippen LogP contribution in [-0.4, -0.2) is 16.6 Å². The first-order valence-electron chi connectivity index (χ1n) is 7.50. The van der Waals surface area contributed by atoms with E-state index < -0.39 is 0 Å². The van der Waals surface area contributed by atoms with Gasteiger partial charge in [-0.15, -0.1) is 0 Å². The highest BCUT2D eigenvalue weighted by atomic mass is 32.2. The Morgan fingerprint density at radius 3 is 2.74 bits per heavy atom. The fourth-order valence-electron chi connectivity index (χ4n) is 2.45. The van der Waals surface area contributed by atoms with E-state index in [9.17, 15) is 0 Å². The summed E-state index contributed by atoms with van der Waals surface area (Å²) in [5, 5.41) is 8.19. The van der Waals surface area contributed by atoms with Crippen molar-refractivity contribution in [2.45, 2.75) is 19.6 Å². The highest BCUT2D eigenvalue weighted by Crippen LogP contribution is 2.24. The molecule has 0 spiro atoms. The van der Waals surface area contributed by atoms with E-state index in [0.29, 0.717) is 5.11 Å². The minimum absolute atomic E-state index is 0.508. The van der Waals surface area contributed by atoms with Crippen LogP contribution in [0.2, 0.25) is 0 Å². The summed E-state index contributed by atoms with van der Waals surface area (Å²) in [4.78, 5) is 0. The summed E-state index contributed by atoms with van der Waals surface area (Å²) in [6.45, 7) is 4.19. The number of aryl methyl sites for hydroxylation is 2. The monoisotopic (exact) mass is 341 g/mol. The molecule has 2 N–H and O–H groups in total. The van der Waals surface area contributed by atoms with Gasteiger partial charge in [-0.25, -0.2) is 0 Å². The summed E-state index contributed by atoms with van der Waals surface area (Å²) < 4.78 is 0. The van der Waals surface area contributed by atoms with E-state index >= 15 is 0 Å². The van der Waals surface area contributed by atoms with E-state index in [2.05, 4.69) is 66.1 Å². The van der Waals surface area contributed by atoms with Crippen LogP contribution in [0.25, 0.3) is 0 Å². The molecule has 23 heavy (non-hydrogen) atoms.